The number of hydrogen-bond donors (Lipinski definition) is 8. The molecule has 2 aliphatic carbocycles. The first-order valence-corrected chi connectivity index (χ1v) is 13.8. The van der Waals surface area contributed by atoms with Crippen molar-refractivity contribution >= 4 is 17.5 Å². The number of halogens is 3. The van der Waals surface area contributed by atoms with Crippen molar-refractivity contribution in [3.8, 4) is 17.2 Å². The number of phenolic OH excluding ortho intramolecular Hbond substituents is 2. The largest absolute Gasteiger partial charge is 0.507 e. The first-order valence-electron chi connectivity index (χ1n) is 13.8. The summed E-state index contributed by atoms with van der Waals surface area (Å²) in [5.74, 6) is -5.44. The van der Waals surface area contributed by atoms with Gasteiger partial charge in [0.15, 0.2) is 12.1 Å². The Kier molecular flexibility index (Phi) is 9.71. The maximum atomic E-state index is 13.7. The van der Waals surface area contributed by atoms with Crippen molar-refractivity contribution in [3.05, 3.63) is 51.6 Å². The van der Waals surface area contributed by atoms with Gasteiger partial charge < -0.3 is 55.7 Å². The molecule has 0 unspecified atom stereocenters. The van der Waals surface area contributed by atoms with E-state index in [0.29, 0.717) is 0 Å². The number of methoxy groups -OCH3 is 1. The number of ether oxygens (including phenoxy) is 3. The summed E-state index contributed by atoms with van der Waals surface area (Å²) in [7, 11) is 1.33. The summed E-state index contributed by atoms with van der Waals surface area (Å²) in [6.07, 6.45) is -11.5. The van der Waals surface area contributed by atoms with E-state index in [4.69, 9.17) is 29.8 Å². The van der Waals surface area contributed by atoms with Gasteiger partial charge in [-0.05, 0) is 13.0 Å². The Morgan fingerprint density at radius 1 is 1.15 bits per heavy atom. The number of benzene rings is 2. The molecular formula is C29H32F3NO13. The Hall–Kier alpha value is -3.84. The van der Waals surface area contributed by atoms with Crippen molar-refractivity contribution < 1.29 is 77.5 Å². The minimum Gasteiger partial charge on any atom is -0.507 e. The number of aliphatic hydroxyl groups is 4. The van der Waals surface area contributed by atoms with E-state index in [1.807, 2.05) is 0 Å². The Labute approximate surface area is 258 Å². The molecule has 14 nitrogen and oxygen atoms in total. The molecule has 252 valence electrons. The monoisotopic (exact) mass is 659 g/mol. The first kappa shape index (κ1) is 35.0. The van der Waals surface area contributed by atoms with Gasteiger partial charge in [0.25, 0.3) is 0 Å². The van der Waals surface area contributed by atoms with E-state index in [2.05, 4.69) is 0 Å². The van der Waals surface area contributed by atoms with Gasteiger partial charge in [-0.1, -0.05) is 12.1 Å². The Bertz CT molecular complexity index is 1540. The van der Waals surface area contributed by atoms with Gasteiger partial charge in [-0.15, -0.1) is 0 Å². The standard InChI is InChI=1S/C27H31NO11.C2HF3O2/c1-10-22(31)13(28)6-17(38-10)39-15-8-27(36,16(30)9-29)7-12-19(15)26(35)21-20(24(12)33)23(32)11-4-3-5-14(37-2)18(11)25(21)34;3-2(4,5)1(6)7/h3-5,10,13,15-17,22,29-31,33,35-36H,6-9,28H2,1-2H3;(H,6,7)/t10-,13-,15-,16+,17-,22+,27-;/m0./s1. The van der Waals surface area contributed by atoms with E-state index in [0.717, 1.165) is 0 Å². The summed E-state index contributed by atoms with van der Waals surface area (Å²) in [6, 6.07) is 3.69. The Morgan fingerprint density at radius 2 is 1.76 bits per heavy atom. The molecule has 17 heteroatoms. The summed E-state index contributed by atoms with van der Waals surface area (Å²) >= 11 is 0. The number of rotatable bonds is 5. The summed E-state index contributed by atoms with van der Waals surface area (Å²) in [5, 5.41) is 71.6. The van der Waals surface area contributed by atoms with Crippen molar-refractivity contribution in [1.82, 2.24) is 0 Å². The highest BCUT2D eigenvalue weighted by atomic mass is 19.4. The summed E-state index contributed by atoms with van der Waals surface area (Å²) in [4.78, 5) is 36.1. The predicted octanol–water partition coefficient (Wildman–Crippen LogP) is 0.426. The summed E-state index contributed by atoms with van der Waals surface area (Å²) < 4.78 is 48.8. The van der Waals surface area contributed by atoms with E-state index in [1.165, 1.54) is 25.3 Å². The van der Waals surface area contributed by atoms with Gasteiger partial charge in [0.05, 0.1) is 54.3 Å². The quantitative estimate of drug-likeness (QED) is 0.173. The van der Waals surface area contributed by atoms with Crippen molar-refractivity contribution in [2.24, 2.45) is 5.73 Å². The van der Waals surface area contributed by atoms with Gasteiger partial charge in [-0.3, -0.25) is 9.59 Å². The van der Waals surface area contributed by atoms with Crippen LogP contribution in [0.4, 0.5) is 13.2 Å². The minimum absolute atomic E-state index is 0.0343. The average molecular weight is 660 g/mol. The fraction of sp³-hybridized carbons (Fsp3) is 0.483. The van der Waals surface area contributed by atoms with Gasteiger partial charge in [0.2, 0.25) is 5.78 Å². The van der Waals surface area contributed by atoms with Crippen LogP contribution in [0.2, 0.25) is 0 Å². The highest BCUT2D eigenvalue weighted by Crippen LogP contribution is 2.53. The lowest BCUT2D eigenvalue weighted by Crippen LogP contribution is -2.53. The van der Waals surface area contributed by atoms with E-state index in [9.17, 15) is 53.4 Å². The lowest BCUT2D eigenvalue weighted by molar-refractivity contribution is -0.251. The number of ketones is 2. The van der Waals surface area contributed by atoms with Crippen LogP contribution in [0.15, 0.2) is 18.2 Å². The SMILES string of the molecule is COc1cccc2c1C(=O)c1c(O)c3c(c(O)c1C2=O)C[C@@](O)([C@H](O)CO)C[C@@H]3O[C@H]1C[C@H](N)[C@H](O)[C@H](C)O1.O=C(O)C(F)(F)F. The Morgan fingerprint density at radius 3 is 2.30 bits per heavy atom. The number of aromatic hydroxyl groups is 2. The predicted molar refractivity (Wildman–Crippen MR) is 146 cm³/mol. The smallest absolute Gasteiger partial charge is 0.490 e. The molecule has 2 aromatic rings. The number of carbonyl (C=O) groups is 3. The van der Waals surface area contributed by atoms with Gasteiger partial charge >= 0.3 is 12.1 Å². The van der Waals surface area contributed by atoms with Crippen LogP contribution in [0.3, 0.4) is 0 Å². The fourth-order valence-electron chi connectivity index (χ4n) is 5.84. The average Bonchev–Trinajstić information content (AvgIpc) is 2.99. The number of carboxylic acid groups (broad SMARTS) is 1. The molecule has 1 saturated heterocycles. The number of fused-ring (bicyclic) bond motifs is 3. The molecule has 5 rings (SSSR count). The lowest BCUT2D eigenvalue weighted by Gasteiger charge is -2.44. The molecule has 3 aliphatic rings. The number of alkyl halides is 3. The number of carbonyl (C=O) groups excluding carboxylic acids is 2. The molecule has 0 bridgehead atoms. The minimum atomic E-state index is -5.08. The molecule has 0 saturated carbocycles. The molecule has 1 heterocycles. The van der Waals surface area contributed by atoms with Crippen LogP contribution >= 0.6 is 0 Å². The molecule has 1 aliphatic heterocycles. The molecule has 0 spiro atoms. The first-order chi connectivity index (χ1) is 21.4. The maximum Gasteiger partial charge on any atom is 0.490 e. The second-order valence-corrected chi connectivity index (χ2v) is 11.2. The number of carboxylic acids is 1. The highest BCUT2D eigenvalue weighted by molar-refractivity contribution is 6.31. The third kappa shape index (κ3) is 6.14. The van der Waals surface area contributed by atoms with E-state index < -0.39 is 102 Å². The van der Waals surface area contributed by atoms with Gasteiger partial charge in [-0.2, -0.15) is 13.2 Å². The van der Waals surface area contributed by atoms with E-state index >= 15 is 0 Å². The number of hydrogen-bond acceptors (Lipinski definition) is 13. The van der Waals surface area contributed by atoms with Crippen LogP contribution in [-0.4, -0.2) is 109 Å². The lowest BCUT2D eigenvalue weighted by atomic mass is 9.71. The summed E-state index contributed by atoms with van der Waals surface area (Å²) in [5.41, 5.74) is 2.77. The zero-order valence-electron chi connectivity index (χ0n) is 24.3. The van der Waals surface area contributed by atoms with Crippen molar-refractivity contribution in [1.29, 1.82) is 0 Å². The van der Waals surface area contributed by atoms with Crippen molar-refractivity contribution in [2.75, 3.05) is 13.7 Å². The van der Waals surface area contributed by atoms with Gasteiger partial charge in [0, 0.05) is 42.0 Å². The topological polar surface area (TPSA) is 247 Å². The Balaban J connectivity index is 0.000000617. The fourth-order valence-corrected chi connectivity index (χ4v) is 5.84. The zero-order valence-corrected chi connectivity index (χ0v) is 24.3. The number of aliphatic carboxylic acids is 1. The number of nitrogens with two attached hydrogens (primary N) is 1. The van der Waals surface area contributed by atoms with Crippen LogP contribution < -0.4 is 10.5 Å². The normalized spacial score (nSPS) is 27.8. The second kappa shape index (κ2) is 12.7. The molecule has 9 N–H and O–H groups in total. The molecule has 0 radical (unpaired) electrons. The summed E-state index contributed by atoms with van der Waals surface area (Å²) in [6.45, 7) is 0.768. The third-order valence-corrected chi connectivity index (χ3v) is 8.21. The van der Waals surface area contributed by atoms with Crippen molar-refractivity contribution in [2.45, 2.75) is 74.7 Å². The number of phenols is 2. The third-order valence-electron chi connectivity index (χ3n) is 8.21. The maximum absolute atomic E-state index is 13.7. The van der Waals surface area contributed by atoms with Gasteiger partial charge in [-0.25, -0.2) is 4.79 Å². The van der Waals surface area contributed by atoms with Crippen LogP contribution in [0.1, 0.15) is 68.8 Å². The molecule has 46 heavy (non-hydrogen) atoms. The molecule has 2 aromatic carbocycles. The molecule has 1 fully saturated rings. The molecule has 7 atom stereocenters. The second-order valence-electron chi connectivity index (χ2n) is 11.2. The van der Waals surface area contributed by atoms with Crippen molar-refractivity contribution in [3.63, 3.8) is 0 Å². The van der Waals surface area contributed by atoms with E-state index in [1.54, 1.807) is 6.92 Å². The molecular weight excluding hydrogens is 627 g/mol. The van der Waals surface area contributed by atoms with Crippen LogP contribution in [-0.2, 0) is 20.7 Å². The van der Waals surface area contributed by atoms with Crippen LogP contribution in [0.25, 0.3) is 0 Å². The number of aliphatic hydroxyl groups excluding tert-OH is 3. The van der Waals surface area contributed by atoms with Crippen LogP contribution in [0, 0.1) is 0 Å². The molecule has 0 aromatic heterocycles. The van der Waals surface area contributed by atoms with E-state index in [-0.39, 0.29) is 40.8 Å². The highest BCUT2D eigenvalue weighted by Gasteiger charge is 2.50. The molecule has 0 amide bonds. The van der Waals surface area contributed by atoms with Crippen LogP contribution in [0.5, 0.6) is 17.2 Å². The van der Waals surface area contributed by atoms with Gasteiger partial charge in [0.1, 0.15) is 23.4 Å². The zero-order chi connectivity index (χ0) is 34.5.